The quantitative estimate of drug-likeness (QED) is 0.596. The fourth-order valence-corrected chi connectivity index (χ4v) is 3.29. The van der Waals surface area contributed by atoms with Crippen molar-refractivity contribution in [1.82, 2.24) is 5.32 Å². The molecule has 1 fully saturated rings. The number of hydrogen-bond donors (Lipinski definition) is 2. The summed E-state index contributed by atoms with van der Waals surface area (Å²) in [4.78, 5) is 10.6. The van der Waals surface area contributed by atoms with Crippen LogP contribution >= 0.6 is 0 Å². The van der Waals surface area contributed by atoms with E-state index in [1.807, 2.05) is 6.07 Å². The van der Waals surface area contributed by atoms with Crippen LogP contribution in [0.2, 0.25) is 0 Å². The number of benzene rings is 1. The Morgan fingerprint density at radius 2 is 2.09 bits per heavy atom. The van der Waals surface area contributed by atoms with Crippen LogP contribution < -0.4 is 5.32 Å². The minimum Gasteiger partial charge on any atom is -0.396 e. The molecule has 0 heterocycles. The monoisotopic (exact) mass is 306 g/mol. The molecule has 0 aromatic heterocycles. The van der Waals surface area contributed by atoms with Crippen LogP contribution in [0.3, 0.4) is 0 Å². The summed E-state index contributed by atoms with van der Waals surface area (Å²) in [5.41, 5.74) is 1.16. The number of nitrogens with one attached hydrogen (secondary N) is 1. The molecule has 1 aliphatic rings. The normalized spacial score (nSPS) is 23.2. The lowest BCUT2D eigenvalue weighted by Gasteiger charge is -2.31. The van der Waals surface area contributed by atoms with Crippen molar-refractivity contribution in [3.63, 3.8) is 0 Å². The molecule has 0 amide bonds. The van der Waals surface area contributed by atoms with Gasteiger partial charge in [-0.05, 0) is 43.6 Å². The number of aliphatic hydroxyl groups excluding tert-OH is 1. The predicted molar refractivity (Wildman–Crippen MR) is 86.7 cm³/mol. The summed E-state index contributed by atoms with van der Waals surface area (Å²) in [5.74, 6) is 0.445. The second kappa shape index (κ2) is 8.25. The zero-order valence-corrected chi connectivity index (χ0v) is 13.2. The van der Waals surface area contributed by atoms with E-state index in [4.69, 9.17) is 0 Å². The average molecular weight is 306 g/mol. The third-order valence-electron chi connectivity index (χ3n) is 4.60. The van der Waals surface area contributed by atoms with Crippen molar-refractivity contribution < 1.29 is 10.0 Å². The van der Waals surface area contributed by atoms with Crippen LogP contribution in [0.4, 0.5) is 5.69 Å². The summed E-state index contributed by atoms with van der Waals surface area (Å²) in [6, 6.07) is 7.57. The van der Waals surface area contributed by atoms with Crippen molar-refractivity contribution >= 4 is 5.69 Å². The molecule has 1 aliphatic carbocycles. The summed E-state index contributed by atoms with van der Waals surface area (Å²) >= 11 is 0. The molecular formula is C17H26N2O3. The van der Waals surface area contributed by atoms with Crippen molar-refractivity contribution in [1.29, 1.82) is 0 Å². The molecule has 0 saturated heterocycles. The topological polar surface area (TPSA) is 75.4 Å². The number of nitro benzene ring substituents is 1. The minimum absolute atomic E-state index is 0.157. The van der Waals surface area contributed by atoms with Gasteiger partial charge in [0.1, 0.15) is 0 Å². The highest BCUT2D eigenvalue weighted by Gasteiger charge is 2.23. The van der Waals surface area contributed by atoms with Gasteiger partial charge in [-0.3, -0.25) is 10.1 Å². The van der Waals surface area contributed by atoms with Gasteiger partial charge in [-0.25, -0.2) is 0 Å². The first-order chi connectivity index (χ1) is 10.6. The Morgan fingerprint density at radius 3 is 2.68 bits per heavy atom. The van der Waals surface area contributed by atoms with E-state index in [0.29, 0.717) is 12.0 Å². The lowest BCUT2D eigenvalue weighted by Crippen LogP contribution is -2.36. The second-order valence-corrected chi connectivity index (χ2v) is 6.26. The number of nitrogens with zero attached hydrogens (tertiary/aromatic N) is 1. The summed E-state index contributed by atoms with van der Waals surface area (Å²) in [5, 5.41) is 23.9. The maximum absolute atomic E-state index is 11.0. The Bertz CT molecular complexity index is 485. The molecule has 5 heteroatoms. The van der Waals surface area contributed by atoms with Crippen LogP contribution in [0, 0.1) is 16.0 Å². The lowest BCUT2D eigenvalue weighted by atomic mass is 9.85. The molecule has 2 rings (SSSR count). The van der Waals surface area contributed by atoms with Gasteiger partial charge in [-0.1, -0.05) is 25.5 Å². The first-order valence-electron chi connectivity index (χ1n) is 8.25. The van der Waals surface area contributed by atoms with Crippen molar-refractivity contribution in [2.75, 3.05) is 6.61 Å². The molecule has 0 aliphatic heterocycles. The molecule has 1 unspecified atom stereocenters. The molecule has 1 saturated carbocycles. The number of nitro groups is 1. The van der Waals surface area contributed by atoms with Gasteiger partial charge in [-0.15, -0.1) is 0 Å². The van der Waals surface area contributed by atoms with E-state index in [9.17, 15) is 15.2 Å². The van der Waals surface area contributed by atoms with Gasteiger partial charge in [0.2, 0.25) is 0 Å². The Balaban J connectivity index is 2.03. The van der Waals surface area contributed by atoms with E-state index in [0.717, 1.165) is 44.1 Å². The van der Waals surface area contributed by atoms with Crippen LogP contribution in [-0.4, -0.2) is 22.7 Å². The van der Waals surface area contributed by atoms with Gasteiger partial charge in [0.15, 0.2) is 0 Å². The lowest BCUT2D eigenvalue weighted by molar-refractivity contribution is -0.384. The number of hydrogen-bond acceptors (Lipinski definition) is 4. The van der Waals surface area contributed by atoms with Crippen molar-refractivity contribution in [3.05, 3.63) is 39.9 Å². The van der Waals surface area contributed by atoms with E-state index < -0.39 is 0 Å². The van der Waals surface area contributed by atoms with Crippen LogP contribution in [0.15, 0.2) is 24.3 Å². The third-order valence-corrected chi connectivity index (χ3v) is 4.60. The van der Waals surface area contributed by atoms with Crippen LogP contribution in [0.25, 0.3) is 0 Å². The first-order valence-corrected chi connectivity index (χ1v) is 8.25. The highest BCUT2D eigenvalue weighted by molar-refractivity contribution is 5.35. The second-order valence-electron chi connectivity index (χ2n) is 6.26. The van der Waals surface area contributed by atoms with Gasteiger partial charge in [0, 0.05) is 30.8 Å². The fourth-order valence-electron chi connectivity index (χ4n) is 3.29. The molecule has 2 N–H and O–H groups in total. The summed E-state index contributed by atoms with van der Waals surface area (Å²) < 4.78 is 0. The highest BCUT2D eigenvalue weighted by atomic mass is 16.6. The highest BCUT2D eigenvalue weighted by Crippen LogP contribution is 2.28. The molecule has 0 radical (unpaired) electrons. The zero-order valence-electron chi connectivity index (χ0n) is 13.2. The molecular weight excluding hydrogens is 280 g/mol. The average Bonchev–Trinajstić information content (AvgIpc) is 2.55. The van der Waals surface area contributed by atoms with E-state index in [-0.39, 0.29) is 23.3 Å². The predicted octanol–water partition coefficient (Wildman–Crippen LogP) is 3.58. The van der Waals surface area contributed by atoms with Crippen LogP contribution in [0.1, 0.15) is 57.1 Å². The molecule has 0 bridgehead atoms. The van der Waals surface area contributed by atoms with Gasteiger partial charge in [-0.2, -0.15) is 0 Å². The van der Waals surface area contributed by atoms with E-state index >= 15 is 0 Å². The number of rotatable bonds is 7. The largest absolute Gasteiger partial charge is 0.396 e. The van der Waals surface area contributed by atoms with Crippen molar-refractivity contribution in [3.8, 4) is 0 Å². The van der Waals surface area contributed by atoms with Gasteiger partial charge < -0.3 is 10.4 Å². The molecule has 1 aromatic carbocycles. The Morgan fingerprint density at radius 1 is 1.36 bits per heavy atom. The first kappa shape index (κ1) is 16.9. The SMILES string of the molecule is CCCC(NC1CCC(CO)CC1)c1cccc([N+](=O)[O-])c1. The third kappa shape index (κ3) is 4.52. The Hall–Kier alpha value is -1.46. The Labute approximate surface area is 131 Å². The maximum atomic E-state index is 11.0. The minimum atomic E-state index is -0.334. The van der Waals surface area contributed by atoms with Crippen LogP contribution in [-0.2, 0) is 0 Å². The number of aliphatic hydroxyl groups is 1. The molecule has 22 heavy (non-hydrogen) atoms. The van der Waals surface area contributed by atoms with Crippen molar-refractivity contribution in [2.24, 2.45) is 5.92 Å². The number of non-ortho nitro benzene ring substituents is 1. The van der Waals surface area contributed by atoms with E-state index in [1.165, 1.54) is 0 Å². The summed E-state index contributed by atoms with van der Waals surface area (Å²) in [6.07, 6.45) is 6.26. The maximum Gasteiger partial charge on any atom is 0.269 e. The molecule has 1 atom stereocenters. The Kier molecular flexibility index (Phi) is 6.34. The van der Waals surface area contributed by atoms with Gasteiger partial charge >= 0.3 is 0 Å². The van der Waals surface area contributed by atoms with Crippen LogP contribution in [0.5, 0.6) is 0 Å². The van der Waals surface area contributed by atoms with Gasteiger partial charge in [0.05, 0.1) is 4.92 Å². The summed E-state index contributed by atoms with van der Waals surface area (Å²) in [7, 11) is 0. The molecule has 1 aromatic rings. The molecule has 0 spiro atoms. The smallest absolute Gasteiger partial charge is 0.269 e. The fraction of sp³-hybridized carbons (Fsp3) is 0.647. The van der Waals surface area contributed by atoms with E-state index in [2.05, 4.69) is 12.2 Å². The van der Waals surface area contributed by atoms with E-state index in [1.54, 1.807) is 18.2 Å². The molecule has 5 nitrogen and oxygen atoms in total. The van der Waals surface area contributed by atoms with Crippen molar-refractivity contribution in [2.45, 2.75) is 57.5 Å². The molecule has 122 valence electrons. The van der Waals surface area contributed by atoms with Gasteiger partial charge in [0.25, 0.3) is 5.69 Å². The zero-order chi connectivity index (χ0) is 15.9. The summed E-state index contributed by atoms with van der Waals surface area (Å²) in [6.45, 7) is 2.42. The standard InChI is InChI=1S/C17H26N2O3/c1-2-4-17(14-5-3-6-16(11-14)19(21)22)18-15-9-7-13(12-20)8-10-15/h3,5-6,11,13,15,17-18,20H,2,4,7-10,12H2,1H3.